The van der Waals surface area contributed by atoms with Crippen LogP contribution in [0.3, 0.4) is 0 Å². The van der Waals surface area contributed by atoms with Crippen molar-refractivity contribution in [2.45, 2.75) is 13.0 Å². The summed E-state index contributed by atoms with van der Waals surface area (Å²) in [5.74, 6) is 5.82. The Hall–Kier alpha value is -0.620. The number of benzene rings is 1. The Morgan fingerprint density at radius 3 is 2.56 bits per heavy atom. The van der Waals surface area contributed by atoms with Crippen molar-refractivity contribution >= 4 is 15.9 Å². The van der Waals surface area contributed by atoms with Gasteiger partial charge in [0.15, 0.2) is 0 Å². The van der Waals surface area contributed by atoms with E-state index in [1.807, 2.05) is 12.1 Å². The topological polar surface area (TPSA) is 53.7 Å². The molecule has 2 N–H and O–H groups in total. The number of halogens is 1. The lowest BCUT2D eigenvalue weighted by molar-refractivity contribution is 0.140. The second-order valence-corrected chi connectivity index (χ2v) is 4.16. The Kier molecular flexibility index (Phi) is 5.76. The van der Waals surface area contributed by atoms with Crippen LogP contribution in [0.4, 0.5) is 0 Å². The van der Waals surface area contributed by atoms with Crippen molar-refractivity contribution in [3.05, 3.63) is 27.7 Å². The standard InChI is InChI=1S/C11H16BrNO3/c1-14-7-9-6-11(15-2)10(12)5-8(9)3-4-16-13/h5-6H,3-4,7,13H2,1-2H3. The first-order valence-electron chi connectivity index (χ1n) is 4.88. The molecular weight excluding hydrogens is 274 g/mol. The fraction of sp³-hybridized carbons (Fsp3) is 0.455. The summed E-state index contributed by atoms with van der Waals surface area (Å²) in [5.41, 5.74) is 2.22. The van der Waals surface area contributed by atoms with Crippen LogP contribution in [-0.4, -0.2) is 20.8 Å². The summed E-state index contributed by atoms with van der Waals surface area (Å²) in [5, 5.41) is 0. The van der Waals surface area contributed by atoms with Gasteiger partial charge in [-0.3, -0.25) is 0 Å². The van der Waals surface area contributed by atoms with Gasteiger partial charge in [0, 0.05) is 7.11 Å². The lowest BCUT2D eigenvalue weighted by Gasteiger charge is -2.12. The van der Waals surface area contributed by atoms with Gasteiger partial charge in [-0.25, -0.2) is 5.90 Å². The van der Waals surface area contributed by atoms with Gasteiger partial charge in [-0.2, -0.15) is 0 Å². The molecule has 1 aromatic carbocycles. The largest absolute Gasteiger partial charge is 0.496 e. The number of hydrogen-bond acceptors (Lipinski definition) is 4. The minimum absolute atomic E-state index is 0.482. The molecule has 0 saturated carbocycles. The van der Waals surface area contributed by atoms with E-state index in [1.165, 1.54) is 0 Å². The van der Waals surface area contributed by atoms with Crippen LogP contribution in [0.15, 0.2) is 16.6 Å². The van der Waals surface area contributed by atoms with E-state index in [9.17, 15) is 0 Å². The van der Waals surface area contributed by atoms with Crippen LogP contribution < -0.4 is 10.6 Å². The number of ether oxygens (including phenoxy) is 2. The lowest BCUT2D eigenvalue weighted by atomic mass is 10.1. The van der Waals surface area contributed by atoms with Crippen LogP contribution in [0.2, 0.25) is 0 Å². The quantitative estimate of drug-likeness (QED) is 0.815. The van der Waals surface area contributed by atoms with Crippen molar-refractivity contribution in [1.29, 1.82) is 0 Å². The van der Waals surface area contributed by atoms with Crippen LogP contribution in [-0.2, 0) is 22.6 Å². The third-order valence-electron chi connectivity index (χ3n) is 2.26. The first kappa shape index (κ1) is 13.4. The molecule has 0 unspecified atom stereocenters. The minimum atomic E-state index is 0.482. The first-order valence-corrected chi connectivity index (χ1v) is 5.68. The third kappa shape index (κ3) is 3.45. The molecule has 5 heteroatoms. The predicted molar refractivity (Wildman–Crippen MR) is 65.3 cm³/mol. The van der Waals surface area contributed by atoms with E-state index >= 15 is 0 Å². The normalized spacial score (nSPS) is 10.5. The Bertz CT molecular complexity index is 344. The van der Waals surface area contributed by atoms with Crippen LogP contribution in [0, 0.1) is 0 Å². The Balaban J connectivity index is 2.98. The van der Waals surface area contributed by atoms with Gasteiger partial charge in [-0.1, -0.05) is 0 Å². The number of rotatable bonds is 6. The highest BCUT2D eigenvalue weighted by atomic mass is 79.9. The minimum Gasteiger partial charge on any atom is -0.496 e. The fourth-order valence-electron chi connectivity index (χ4n) is 1.48. The molecule has 0 aliphatic rings. The van der Waals surface area contributed by atoms with E-state index in [1.54, 1.807) is 14.2 Å². The highest BCUT2D eigenvalue weighted by molar-refractivity contribution is 9.10. The van der Waals surface area contributed by atoms with Crippen molar-refractivity contribution in [3.63, 3.8) is 0 Å². The molecule has 0 fully saturated rings. The second kappa shape index (κ2) is 6.85. The summed E-state index contributed by atoms with van der Waals surface area (Å²) in [4.78, 5) is 4.59. The number of hydrogen-bond donors (Lipinski definition) is 1. The molecule has 0 amide bonds. The van der Waals surface area contributed by atoms with Gasteiger partial charge in [-0.05, 0) is 45.6 Å². The summed E-state index contributed by atoms with van der Waals surface area (Å²) in [6, 6.07) is 3.96. The van der Waals surface area contributed by atoms with E-state index in [-0.39, 0.29) is 0 Å². The highest BCUT2D eigenvalue weighted by Gasteiger charge is 2.08. The van der Waals surface area contributed by atoms with Crippen molar-refractivity contribution in [1.82, 2.24) is 0 Å². The van der Waals surface area contributed by atoms with Crippen LogP contribution in [0.1, 0.15) is 11.1 Å². The SMILES string of the molecule is COCc1cc(OC)c(Br)cc1CCON. The third-order valence-corrected chi connectivity index (χ3v) is 2.88. The van der Waals surface area contributed by atoms with E-state index < -0.39 is 0 Å². The molecule has 1 aromatic rings. The Morgan fingerprint density at radius 2 is 2.00 bits per heavy atom. The average molecular weight is 290 g/mol. The zero-order valence-corrected chi connectivity index (χ0v) is 11.0. The lowest BCUT2D eigenvalue weighted by Crippen LogP contribution is -2.06. The van der Waals surface area contributed by atoms with E-state index in [0.717, 1.165) is 27.8 Å². The zero-order chi connectivity index (χ0) is 12.0. The van der Waals surface area contributed by atoms with Crippen molar-refractivity contribution in [3.8, 4) is 5.75 Å². The summed E-state index contributed by atoms with van der Waals surface area (Å²) in [6.45, 7) is 1.03. The van der Waals surface area contributed by atoms with Crippen LogP contribution >= 0.6 is 15.9 Å². The average Bonchev–Trinajstić information content (AvgIpc) is 2.29. The molecule has 0 aliphatic carbocycles. The summed E-state index contributed by atoms with van der Waals surface area (Å²) in [7, 11) is 3.30. The molecule has 0 bridgehead atoms. The Labute approximate surface area is 104 Å². The van der Waals surface area contributed by atoms with E-state index in [0.29, 0.717) is 13.2 Å². The maximum atomic E-state index is 5.23. The van der Waals surface area contributed by atoms with Gasteiger partial charge in [0.25, 0.3) is 0 Å². The molecule has 90 valence electrons. The molecule has 0 radical (unpaired) electrons. The maximum absolute atomic E-state index is 5.23. The number of methoxy groups -OCH3 is 2. The van der Waals surface area contributed by atoms with Gasteiger partial charge in [-0.15, -0.1) is 0 Å². The predicted octanol–water partition coefficient (Wildman–Crippen LogP) is 2.04. The van der Waals surface area contributed by atoms with Gasteiger partial charge < -0.3 is 14.3 Å². The van der Waals surface area contributed by atoms with E-state index in [4.69, 9.17) is 15.4 Å². The van der Waals surface area contributed by atoms with Crippen LogP contribution in [0.25, 0.3) is 0 Å². The maximum Gasteiger partial charge on any atom is 0.133 e. The zero-order valence-electron chi connectivity index (χ0n) is 9.46. The molecule has 1 rings (SSSR count). The summed E-state index contributed by atoms with van der Waals surface area (Å²) in [6.07, 6.45) is 0.748. The highest BCUT2D eigenvalue weighted by Crippen LogP contribution is 2.29. The first-order chi connectivity index (χ1) is 7.72. The van der Waals surface area contributed by atoms with Crippen molar-refractivity contribution < 1.29 is 14.3 Å². The van der Waals surface area contributed by atoms with Gasteiger partial charge in [0.2, 0.25) is 0 Å². The molecule has 0 saturated heterocycles. The molecule has 0 spiro atoms. The molecule has 0 aromatic heterocycles. The fourth-order valence-corrected chi connectivity index (χ4v) is 2.04. The molecule has 4 nitrogen and oxygen atoms in total. The van der Waals surface area contributed by atoms with Gasteiger partial charge >= 0.3 is 0 Å². The Morgan fingerprint density at radius 1 is 1.25 bits per heavy atom. The van der Waals surface area contributed by atoms with Gasteiger partial charge in [0.05, 0.1) is 24.8 Å². The van der Waals surface area contributed by atoms with Crippen molar-refractivity contribution in [2.24, 2.45) is 5.90 Å². The van der Waals surface area contributed by atoms with Crippen LogP contribution in [0.5, 0.6) is 5.75 Å². The monoisotopic (exact) mass is 289 g/mol. The second-order valence-electron chi connectivity index (χ2n) is 3.31. The van der Waals surface area contributed by atoms with Gasteiger partial charge in [0.1, 0.15) is 5.75 Å². The summed E-state index contributed by atoms with van der Waals surface area (Å²) >= 11 is 3.45. The molecule has 0 aliphatic heterocycles. The number of nitrogens with two attached hydrogens (primary N) is 1. The molecule has 16 heavy (non-hydrogen) atoms. The molecular formula is C11H16BrNO3. The van der Waals surface area contributed by atoms with Crippen molar-refractivity contribution in [2.75, 3.05) is 20.8 Å². The van der Waals surface area contributed by atoms with E-state index in [2.05, 4.69) is 20.8 Å². The summed E-state index contributed by atoms with van der Waals surface area (Å²) < 4.78 is 11.3. The smallest absolute Gasteiger partial charge is 0.133 e. The molecule has 0 heterocycles. The molecule has 0 atom stereocenters.